The van der Waals surface area contributed by atoms with E-state index in [4.69, 9.17) is 16.3 Å². The number of carbonyl (C=O) groups is 2. The van der Waals surface area contributed by atoms with Crippen molar-refractivity contribution in [2.45, 2.75) is 0 Å². The Morgan fingerprint density at radius 1 is 1.25 bits per heavy atom. The first-order chi connectivity index (χ1) is 11.6. The number of nitrogens with one attached hydrogen (secondary N) is 2. The monoisotopic (exact) mass is 345 g/mol. The molecular formula is C17H16ClN3O3. The molecule has 3 rings (SSSR count). The molecule has 0 radical (unpaired) electrons. The van der Waals surface area contributed by atoms with E-state index in [1.807, 2.05) is 6.07 Å². The number of carbonyl (C=O) groups excluding carboxylic acids is 2. The van der Waals surface area contributed by atoms with Crippen LogP contribution in [0.25, 0.3) is 0 Å². The van der Waals surface area contributed by atoms with Crippen LogP contribution >= 0.6 is 11.6 Å². The highest BCUT2D eigenvalue weighted by molar-refractivity contribution is 6.30. The molecule has 24 heavy (non-hydrogen) atoms. The van der Waals surface area contributed by atoms with Crippen LogP contribution in [-0.2, 0) is 4.79 Å². The minimum absolute atomic E-state index is 0.115. The van der Waals surface area contributed by atoms with E-state index >= 15 is 0 Å². The fourth-order valence-electron chi connectivity index (χ4n) is 2.35. The van der Waals surface area contributed by atoms with Gasteiger partial charge < -0.3 is 15.4 Å². The lowest BCUT2D eigenvalue weighted by Gasteiger charge is -2.15. The third-order valence-corrected chi connectivity index (χ3v) is 3.73. The van der Waals surface area contributed by atoms with Gasteiger partial charge in [0.1, 0.15) is 5.75 Å². The molecule has 0 aromatic heterocycles. The summed E-state index contributed by atoms with van der Waals surface area (Å²) in [4.78, 5) is 25.3. The van der Waals surface area contributed by atoms with Crippen LogP contribution in [0.1, 0.15) is 0 Å². The van der Waals surface area contributed by atoms with E-state index in [1.165, 1.54) is 0 Å². The Labute approximate surface area is 144 Å². The summed E-state index contributed by atoms with van der Waals surface area (Å²) in [6.07, 6.45) is 0. The highest BCUT2D eigenvalue weighted by Crippen LogP contribution is 2.21. The molecule has 1 aliphatic heterocycles. The Balaban J connectivity index is 1.58. The maximum Gasteiger partial charge on any atom is 0.321 e. The molecule has 0 bridgehead atoms. The first-order valence-corrected chi connectivity index (χ1v) is 7.83. The second-order valence-electron chi connectivity index (χ2n) is 5.22. The molecule has 1 heterocycles. The SMILES string of the molecule is O=C(COc1ccc(Cl)cc1)Nc1cccc(N2CCNC2=O)c1. The molecule has 1 fully saturated rings. The fraction of sp³-hybridized carbons (Fsp3) is 0.176. The molecular weight excluding hydrogens is 330 g/mol. The van der Waals surface area contributed by atoms with E-state index < -0.39 is 0 Å². The molecule has 2 aromatic carbocycles. The van der Waals surface area contributed by atoms with Crippen LogP contribution in [0.4, 0.5) is 16.2 Å². The van der Waals surface area contributed by atoms with Gasteiger partial charge in [0, 0.05) is 29.5 Å². The van der Waals surface area contributed by atoms with Gasteiger partial charge >= 0.3 is 6.03 Å². The van der Waals surface area contributed by atoms with Crippen molar-refractivity contribution in [3.05, 3.63) is 53.6 Å². The number of nitrogens with zero attached hydrogens (tertiary/aromatic N) is 1. The zero-order valence-corrected chi connectivity index (χ0v) is 13.5. The van der Waals surface area contributed by atoms with Crippen LogP contribution < -0.4 is 20.3 Å². The number of benzene rings is 2. The number of hydrogen-bond acceptors (Lipinski definition) is 3. The lowest BCUT2D eigenvalue weighted by atomic mass is 10.2. The zero-order valence-electron chi connectivity index (χ0n) is 12.8. The normalized spacial score (nSPS) is 13.5. The Hall–Kier alpha value is -2.73. The Morgan fingerprint density at radius 2 is 2.04 bits per heavy atom. The van der Waals surface area contributed by atoms with Crippen molar-refractivity contribution in [3.8, 4) is 5.75 Å². The summed E-state index contributed by atoms with van der Waals surface area (Å²) in [7, 11) is 0. The average Bonchev–Trinajstić information content (AvgIpc) is 3.01. The Kier molecular flexibility index (Phi) is 4.86. The summed E-state index contributed by atoms with van der Waals surface area (Å²) >= 11 is 5.79. The van der Waals surface area contributed by atoms with Crippen LogP contribution in [0.3, 0.4) is 0 Å². The number of hydrogen-bond donors (Lipinski definition) is 2. The van der Waals surface area contributed by atoms with Gasteiger partial charge in [0.15, 0.2) is 6.61 Å². The van der Waals surface area contributed by atoms with Crippen molar-refractivity contribution < 1.29 is 14.3 Å². The molecule has 0 unspecified atom stereocenters. The van der Waals surface area contributed by atoms with E-state index in [-0.39, 0.29) is 18.5 Å². The van der Waals surface area contributed by atoms with Crippen molar-refractivity contribution in [3.63, 3.8) is 0 Å². The zero-order chi connectivity index (χ0) is 16.9. The maximum absolute atomic E-state index is 12.0. The molecule has 0 aliphatic carbocycles. The van der Waals surface area contributed by atoms with Crippen molar-refractivity contribution in [1.82, 2.24) is 5.32 Å². The predicted octanol–water partition coefficient (Wildman–Crippen LogP) is 2.89. The van der Waals surface area contributed by atoms with Crippen LogP contribution in [0.15, 0.2) is 48.5 Å². The molecule has 0 saturated carbocycles. The smallest absolute Gasteiger partial charge is 0.321 e. The molecule has 0 atom stereocenters. The minimum Gasteiger partial charge on any atom is -0.484 e. The highest BCUT2D eigenvalue weighted by Gasteiger charge is 2.21. The molecule has 7 heteroatoms. The van der Waals surface area contributed by atoms with Crippen molar-refractivity contribution in [2.24, 2.45) is 0 Å². The number of urea groups is 1. The van der Waals surface area contributed by atoms with Gasteiger partial charge in [-0.15, -0.1) is 0 Å². The number of ether oxygens (including phenoxy) is 1. The molecule has 2 N–H and O–H groups in total. The minimum atomic E-state index is -0.284. The quantitative estimate of drug-likeness (QED) is 0.875. The average molecular weight is 346 g/mol. The molecule has 6 nitrogen and oxygen atoms in total. The molecule has 1 saturated heterocycles. The number of amides is 3. The summed E-state index contributed by atoms with van der Waals surface area (Å²) in [6, 6.07) is 13.8. The third kappa shape index (κ3) is 3.97. The molecule has 3 amide bonds. The largest absolute Gasteiger partial charge is 0.484 e. The van der Waals surface area contributed by atoms with E-state index in [0.29, 0.717) is 29.5 Å². The summed E-state index contributed by atoms with van der Waals surface area (Å²) < 4.78 is 5.40. The first-order valence-electron chi connectivity index (χ1n) is 7.45. The topological polar surface area (TPSA) is 70.7 Å². The Bertz CT molecular complexity index is 749. The number of anilines is 2. The summed E-state index contributed by atoms with van der Waals surface area (Å²) in [5.41, 5.74) is 1.35. The standard InChI is InChI=1S/C17H16ClN3O3/c18-12-4-6-15(7-5-12)24-11-16(22)20-13-2-1-3-14(10-13)21-9-8-19-17(21)23/h1-7,10H,8-9,11H2,(H,19,23)(H,20,22). The first kappa shape index (κ1) is 16.1. The van der Waals surface area contributed by atoms with Crippen LogP contribution in [0.2, 0.25) is 5.02 Å². The third-order valence-electron chi connectivity index (χ3n) is 3.48. The molecule has 2 aromatic rings. The van der Waals surface area contributed by atoms with Crippen LogP contribution in [0, 0.1) is 0 Å². The lowest BCUT2D eigenvalue weighted by Crippen LogP contribution is -2.27. The molecule has 1 aliphatic rings. The van der Waals surface area contributed by atoms with Crippen molar-refractivity contribution in [2.75, 3.05) is 29.9 Å². The lowest BCUT2D eigenvalue weighted by molar-refractivity contribution is -0.118. The summed E-state index contributed by atoms with van der Waals surface area (Å²) in [6.45, 7) is 1.11. The molecule has 0 spiro atoms. The summed E-state index contributed by atoms with van der Waals surface area (Å²) in [5, 5.41) is 6.10. The maximum atomic E-state index is 12.0. The van der Waals surface area contributed by atoms with Gasteiger partial charge in [-0.2, -0.15) is 0 Å². The summed E-state index contributed by atoms with van der Waals surface area (Å²) in [5.74, 6) is 0.282. The van der Waals surface area contributed by atoms with Crippen LogP contribution in [0.5, 0.6) is 5.75 Å². The van der Waals surface area contributed by atoms with E-state index in [0.717, 1.165) is 5.69 Å². The van der Waals surface area contributed by atoms with Crippen molar-refractivity contribution in [1.29, 1.82) is 0 Å². The number of rotatable bonds is 5. The van der Waals surface area contributed by atoms with Gasteiger partial charge in [0.25, 0.3) is 5.91 Å². The molecule has 124 valence electrons. The van der Waals surface area contributed by atoms with Gasteiger partial charge in [-0.25, -0.2) is 4.79 Å². The second kappa shape index (κ2) is 7.23. The van der Waals surface area contributed by atoms with E-state index in [9.17, 15) is 9.59 Å². The highest BCUT2D eigenvalue weighted by atomic mass is 35.5. The van der Waals surface area contributed by atoms with Gasteiger partial charge in [0.05, 0.1) is 0 Å². The van der Waals surface area contributed by atoms with Gasteiger partial charge in [-0.1, -0.05) is 17.7 Å². The van der Waals surface area contributed by atoms with E-state index in [1.54, 1.807) is 47.4 Å². The number of halogens is 1. The van der Waals surface area contributed by atoms with E-state index in [2.05, 4.69) is 10.6 Å². The van der Waals surface area contributed by atoms with Crippen molar-refractivity contribution >= 4 is 34.9 Å². The predicted molar refractivity (Wildman–Crippen MR) is 92.8 cm³/mol. The van der Waals surface area contributed by atoms with Gasteiger partial charge in [-0.05, 0) is 42.5 Å². The van der Waals surface area contributed by atoms with Gasteiger partial charge in [-0.3, -0.25) is 9.69 Å². The fourth-order valence-corrected chi connectivity index (χ4v) is 2.47. The van der Waals surface area contributed by atoms with Crippen LogP contribution in [-0.4, -0.2) is 31.6 Å². The second-order valence-corrected chi connectivity index (χ2v) is 5.66. The Morgan fingerprint density at radius 3 is 2.75 bits per heavy atom. The van der Waals surface area contributed by atoms with Gasteiger partial charge in [0.2, 0.25) is 0 Å².